The van der Waals surface area contributed by atoms with Crippen LogP contribution in [0.5, 0.6) is 0 Å². The monoisotopic (exact) mass is 691 g/mol. The molecule has 1 heterocycles. The van der Waals surface area contributed by atoms with Crippen LogP contribution in [0.15, 0.2) is 164 Å². The average Bonchev–Trinajstić information content (AvgIpc) is 3.64. The van der Waals surface area contributed by atoms with E-state index in [0.717, 1.165) is 5.69 Å². The molecule has 1 aliphatic carbocycles. The Morgan fingerprint density at radius 2 is 1.12 bits per heavy atom. The fourth-order valence-electron chi connectivity index (χ4n) is 8.23. The Labute approximate surface area is 292 Å². The second-order valence-corrected chi connectivity index (χ2v) is 15.9. The first-order valence-electron chi connectivity index (χ1n) is 17.0. The molecule has 0 saturated carbocycles. The molecule has 0 saturated heterocycles. The number of fused-ring (bicyclic) bond motifs is 10. The molecular weight excluding hydrogens is 657 g/mol. The van der Waals surface area contributed by atoms with E-state index in [1.54, 1.807) is 0 Å². The first-order valence-corrected chi connectivity index (χ1v) is 18.7. The molecule has 1 nitrogen and oxygen atoms in total. The van der Waals surface area contributed by atoms with E-state index in [1.165, 1.54) is 85.6 Å². The fraction of sp³-hybridized carbons (Fsp3) is 0.0638. The maximum atomic E-state index is 2.49. The van der Waals surface area contributed by atoms with Gasteiger partial charge in [0.1, 0.15) is 0 Å². The molecule has 2 heteroatoms. The summed E-state index contributed by atoms with van der Waals surface area (Å²) in [6.07, 6.45) is 0. The Bertz CT molecular complexity index is 2730. The molecule has 0 aliphatic heterocycles. The van der Waals surface area contributed by atoms with Crippen LogP contribution in [0.2, 0.25) is 0 Å². The molecule has 10 rings (SSSR count). The molecule has 0 fully saturated rings. The van der Waals surface area contributed by atoms with Gasteiger partial charge in [0.05, 0.1) is 0 Å². The summed E-state index contributed by atoms with van der Waals surface area (Å²) in [7, 11) is 0. The topological polar surface area (TPSA) is 3.24 Å². The first kappa shape index (κ1) is 28.6. The fourth-order valence-corrected chi connectivity index (χ4v) is 10.9. The van der Waals surface area contributed by atoms with Crippen LogP contribution in [-0.4, -0.2) is 14.5 Å². The van der Waals surface area contributed by atoms with E-state index in [-0.39, 0.29) is 19.9 Å². The summed E-state index contributed by atoms with van der Waals surface area (Å²) in [4.78, 5) is 2.49. The maximum absolute atomic E-state index is 2.49. The molecule has 49 heavy (non-hydrogen) atoms. The van der Waals surface area contributed by atoms with Crippen molar-refractivity contribution in [2.75, 3.05) is 4.90 Å². The van der Waals surface area contributed by atoms with Crippen LogP contribution in [0.25, 0.3) is 63.1 Å². The molecule has 0 spiro atoms. The summed E-state index contributed by atoms with van der Waals surface area (Å²) in [6, 6.07) is 60.9. The van der Waals surface area contributed by atoms with E-state index in [0.29, 0.717) is 0 Å². The molecule has 0 bridgehead atoms. The normalized spacial score (nSPS) is 13.3. The summed E-state index contributed by atoms with van der Waals surface area (Å²) in [5.74, 6) is 0. The van der Waals surface area contributed by atoms with Crippen molar-refractivity contribution in [1.82, 2.24) is 0 Å². The second kappa shape index (κ2) is 10.8. The first-order chi connectivity index (χ1) is 24.1. The average molecular weight is 691 g/mol. The third kappa shape index (κ3) is 4.31. The zero-order valence-corrected chi connectivity index (χ0v) is 29.2. The van der Waals surface area contributed by atoms with Crippen LogP contribution >= 0.6 is 0 Å². The van der Waals surface area contributed by atoms with E-state index in [1.807, 2.05) is 0 Å². The third-order valence-corrected chi connectivity index (χ3v) is 13.2. The van der Waals surface area contributed by atoms with Gasteiger partial charge >= 0.3 is 263 Å². The molecule has 0 atom stereocenters. The van der Waals surface area contributed by atoms with Crippen LogP contribution in [0.3, 0.4) is 0 Å². The van der Waals surface area contributed by atoms with Crippen molar-refractivity contribution in [3.8, 4) is 22.3 Å². The molecule has 1 aromatic heterocycles. The molecule has 8 aromatic carbocycles. The van der Waals surface area contributed by atoms with E-state index in [2.05, 4.69) is 183 Å². The van der Waals surface area contributed by atoms with E-state index in [4.69, 9.17) is 0 Å². The summed E-state index contributed by atoms with van der Waals surface area (Å²) < 4.78 is 2.98. The van der Waals surface area contributed by atoms with Gasteiger partial charge in [-0.25, -0.2) is 0 Å². The number of benzene rings is 8. The van der Waals surface area contributed by atoms with Gasteiger partial charge in [-0.1, -0.05) is 30.3 Å². The Morgan fingerprint density at radius 1 is 0.469 bits per heavy atom. The van der Waals surface area contributed by atoms with Gasteiger partial charge in [0.15, 0.2) is 0 Å². The second-order valence-electron chi connectivity index (χ2n) is 13.7. The van der Waals surface area contributed by atoms with Crippen molar-refractivity contribution in [2.24, 2.45) is 0 Å². The van der Waals surface area contributed by atoms with Crippen molar-refractivity contribution in [1.29, 1.82) is 0 Å². The molecule has 232 valence electrons. The summed E-state index contributed by atoms with van der Waals surface area (Å²) >= 11 is 0.267. The number of hydrogen-bond acceptors (Lipinski definition) is 1. The van der Waals surface area contributed by atoms with Gasteiger partial charge < -0.3 is 0 Å². The van der Waals surface area contributed by atoms with Crippen molar-refractivity contribution in [3.63, 3.8) is 0 Å². The Balaban J connectivity index is 1.24. The van der Waals surface area contributed by atoms with Crippen molar-refractivity contribution in [2.45, 2.75) is 19.3 Å². The quantitative estimate of drug-likeness (QED) is 0.131. The summed E-state index contributed by atoms with van der Waals surface area (Å²) in [6.45, 7) is 4.73. The minimum atomic E-state index is -0.0894. The molecular formula is C47H33NSe. The van der Waals surface area contributed by atoms with Crippen LogP contribution in [-0.2, 0) is 5.41 Å². The van der Waals surface area contributed by atoms with Crippen LogP contribution in [0, 0.1) is 0 Å². The van der Waals surface area contributed by atoms with Gasteiger partial charge in [0.25, 0.3) is 0 Å². The van der Waals surface area contributed by atoms with E-state index in [9.17, 15) is 0 Å². The number of nitrogens with zero attached hydrogens (tertiary/aromatic N) is 1. The van der Waals surface area contributed by atoms with Gasteiger partial charge in [-0.3, -0.25) is 0 Å². The predicted molar refractivity (Wildman–Crippen MR) is 211 cm³/mol. The van der Waals surface area contributed by atoms with E-state index >= 15 is 0 Å². The number of hydrogen-bond donors (Lipinski definition) is 0. The van der Waals surface area contributed by atoms with Crippen LogP contribution < -0.4 is 4.90 Å². The summed E-state index contributed by atoms with van der Waals surface area (Å²) in [5, 5.41) is 8.08. The third-order valence-electron chi connectivity index (χ3n) is 10.6. The van der Waals surface area contributed by atoms with Gasteiger partial charge in [-0.2, -0.15) is 0 Å². The van der Waals surface area contributed by atoms with Crippen molar-refractivity contribution in [3.05, 3.63) is 175 Å². The Morgan fingerprint density at radius 3 is 1.96 bits per heavy atom. The zero-order chi connectivity index (χ0) is 32.7. The predicted octanol–water partition coefficient (Wildman–Crippen LogP) is 12.8. The zero-order valence-electron chi connectivity index (χ0n) is 27.4. The van der Waals surface area contributed by atoms with Gasteiger partial charge in [0.2, 0.25) is 0 Å². The molecule has 0 amide bonds. The van der Waals surface area contributed by atoms with Crippen molar-refractivity contribution >= 4 is 72.4 Å². The van der Waals surface area contributed by atoms with E-state index < -0.39 is 0 Å². The number of rotatable bonds is 4. The summed E-state index contributed by atoms with van der Waals surface area (Å²) in [5.41, 5.74) is 11.3. The molecule has 0 radical (unpaired) electrons. The van der Waals surface area contributed by atoms with Crippen LogP contribution in [0.1, 0.15) is 25.0 Å². The minimum absolute atomic E-state index is 0.0894. The Kier molecular flexibility index (Phi) is 6.31. The molecule has 0 N–H and O–H groups in total. The molecule has 1 aliphatic rings. The van der Waals surface area contributed by atoms with Crippen molar-refractivity contribution < 1.29 is 0 Å². The number of anilines is 3. The standard InChI is InChI=1S/C47H33NSe/c1-47(2)41-18-10-8-14-35(41)36-27-25-34(29-42(36)47)48(33-23-20-31(21-24-33)30-12-4-3-5-13-30)43-28-32-22-26-40-38-16-9-11-19-44(38)49-46(40)45(32)39-17-7-6-15-37(39)43/h3-29H,1-2H3. The van der Waals surface area contributed by atoms with Gasteiger partial charge in [-0.15, -0.1) is 0 Å². The Hall–Kier alpha value is -5.40. The van der Waals surface area contributed by atoms with Gasteiger partial charge in [0, 0.05) is 0 Å². The SMILES string of the molecule is CC1(C)c2ccccc2-c2ccc(N(c3ccc(-c4ccccc4)cc3)c3cc4ccc5c6ccccc6[se]c5c4c4ccccc34)cc21. The molecule has 0 unspecified atom stereocenters. The van der Waals surface area contributed by atoms with Gasteiger partial charge in [-0.05, 0) is 0 Å². The van der Waals surface area contributed by atoms with Crippen LogP contribution in [0.4, 0.5) is 17.1 Å². The molecule has 9 aromatic rings.